The molecule has 0 radical (unpaired) electrons. The number of carbonyl (C=O) groups excluding carboxylic acids is 2. The molecule has 0 saturated carbocycles. The van der Waals surface area contributed by atoms with E-state index >= 15 is 0 Å². The van der Waals surface area contributed by atoms with Crippen LogP contribution < -0.4 is 14.8 Å². The summed E-state index contributed by atoms with van der Waals surface area (Å²) in [6.07, 6.45) is 0.818. The lowest BCUT2D eigenvalue weighted by Gasteiger charge is -2.29. The Labute approximate surface area is 163 Å². The molecule has 1 aliphatic rings. The van der Waals surface area contributed by atoms with E-state index in [1.54, 1.807) is 31.3 Å². The van der Waals surface area contributed by atoms with E-state index in [1.165, 1.54) is 12.1 Å². The third-order valence-corrected chi connectivity index (χ3v) is 4.79. The number of amides is 2. The number of benzene rings is 2. The van der Waals surface area contributed by atoms with E-state index in [1.807, 2.05) is 12.1 Å². The minimum Gasteiger partial charge on any atom is -0.493 e. The van der Waals surface area contributed by atoms with Crippen LogP contribution in [0.2, 0.25) is 0 Å². The zero-order chi connectivity index (χ0) is 20.1. The summed E-state index contributed by atoms with van der Waals surface area (Å²) in [5, 5.41) is 2.64. The molecule has 1 aliphatic heterocycles. The van der Waals surface area contributed by atoms with Gasteiger partial charge in [0.15, 0.2) is 11.5 Å². The van der Waals surface area contributed by atoms with Gasteiger partial charge in [-0.2, -0.15) is 0 Å². The fourth-order valence-corrected chi connectivity index (χ4v) is 3.23. The molecule has 2 aromatic rings. The van der Waals surface area contributed by atoms with Crippen molar-refractivity contribution in [1.82, 2.24) is 10.2 Å². The first-order chi connectivity index (χ1) is 13.5. The molecule has 0 bridgehead atoms. The van der Waals surface area contributed by atoms with Crippen LogP contribution >= 0.6 is 0 Å². The molecule has 0 atom stereocenters. The van der Waals surface area contributed by atoms with Crippen molar-refractivity contribution in [2.75, 3.05) is 27.3 Å². The number of fused-ring (bicyclic) bond motifs is 1. The Morgan fingerprint density at radius 2 is 1.71 bits per heavy atom. The number of methoxy groups -OCH3 is 2. The molecule has 1 N–H and O–H groups in total. The summed E-state index contributed by atoms with van der Waals surface area (Å²) in [6.45, 7) is 0.972. The standard InChI is InChI=1S/C21H23FN2O4/c1-27-18-10-15-7-8-24(13-16(15)11-19(18)28-2)21(26)12-23-20(25)9-14-3-5-17(22)6-4-14/h3-6,10-11H,7-9,12-13H2,1-2H3,(H,23,25). The number of hydrogen-bond acceptors (Lipinski definition) is 4. The highest BCUT2D eigenvalue weighted by molar-refractivity contribution is 5.85. The largest absolute Gasteiger partial charge is 0.493 e. The van der Waals surface area contributed by atoms with Crippen LogP contribution in [0.4, 0.5) is 4.39 Å². The zero-order valence-electron chi connectivity index (χ0n) is 16.0. The van der Waals surface area contributed by atoms with Crippen LogP contribution in [-0.2, 0) is 29.0 Å². The highest BCUT2D eigenvalue weighted by atomic mass is 19.1. The van der Waals surface area contributed by atoms with Crippen molar-refractivity contribution in [3.63, 3.8) is 0 Å². The molecule has 0 aromatic heterocycles. The number of nitrogens with one attached hydrogen (secondary N) is 1. The smallest absolute Gasteiger partial charge is 0.242 e. The fraction of sp³-hybridized carbons (Fsp3) is 0.333. The van der Waals surface area contributed by atoms with Gasteiger partial charge in [0.25, 0.3) is 0 Å². The van der Waals surface area contributed by atoms with E-state index in [0.29, 0.717) is 36.6 Å². The molecular formula is C21H23FN2O4. The quantitative estimate of drug-likeness (QED) is 0.826. The first kappa shape index (κ1) is 19.7. The summed E-state index contributed by atoms with van der Waals surface area (Å²) in [4.78, 5) is 26.2. The second kappa shape index (κ2) is 8.73. The van der Waals surface area contributed by atoms with Crippen LogP contribution in [0.5, 0.6) is 11.5 Å². The normalized spacial score (nSPS) is 12.9. The van der Waals surface area contributed by atoms with Gasteiger partial charge in [-0.25, -0.2) is 4.39 Å². The molecule has 0 aliphatic carbocycles. The van der Waals surface area contributed by atoms with Gasteiger partial charge in [-0.15, -0.1) is 0 Å². The van der Waals surface area contributed by atoms with Gasteiger partial charge in [-0.3, -0.25) is 9.59 Å². The third-order valence-electron chi connectivity index (χ3n) is 4.79. The van der Waals surface area contributed by atoms with Crippen molar-refractivity contribution in [1.29, 1.82) is 0 Å². The van der Waals surface area contributed by atoms with Crippen LogP contribution in [0.3, 0.4) is 0 Å². The number of ether oxygens (including phenoxy) is 2. The maximum atomic E-state index is 12.9. The lowest BCUT2D eigenvalue weighted by molar-refractivity contribution is -0.133. The minimum absolute atomic E-state index is 0.0668. The first-order valence-corrected chi connectivity index (χ1v) is 9.03. The van der Waals surface area contributed by atoms with Crippen LogP contribution in [0.15, 0.2) is 36.4 Å². The molecule has 28 heavy (non-hydrogen) atoms. The monoisotopic (exact) mass is 386 g/mol. The van der Waals surface area contributed by atoms with Crippen molar-refractivity contribution in [2.45, 2.75) is 19.4 Å². The Balaban J connectivity index is 1.55. The number of nitrogens with zero attached hydrogens (tertiary/aromatic N) is 1. The number of hydrogen-bond donors (Lipinski definition) is 1. The molecule has 2 amide bonds. The van der Waals surface area contributed by atoms with E-state index in [-0.39, 0.29) is 30.6 Å². The Kier molecular flexibility index (Phi) is 6.13. The molecule has 0 fully saturated rings. The Morgan fingerprint density at radius 3 is 2.36 bits per heavy atom. The Bertz CT molecular complexity index is 867. The van der Waals surface area contributed by atoms with E-state index in [4.69, 9.17) is 9.47 Å². The second-order valence-corrected chi connectivity index (χ2v) is 6.62. The van der Waals surface area contributed by atoms with Crippen molar-refractivity contribution in [3.05, 3.63) is 58.9 Å². The van der Waals surface area contributed by atoms with Crippen LogP contribution in [-0.4, -0.2) is 44.0 Å². The summed E-state index contributed by atoms with van der Waals surface area (Å²) >= 11 is 0. The van der Waals surface area contributed by atoms with E-state index < -0.39 is 0 Å². The summed E-state index contributed by atoms with van der Waals surface area (Å²) in [7, 11) is 3.17. The summed E-state index contributed by atoms with van der Waals surface area (Å²) in [5.74, 6) is 0.535. The van der Waals surface area contributed by atoms with E-state index in [9.17, 15) is 14.0 Å². The van der Waals surface area contributed by atoms with Gasteiger partial charge in [0.05, 0.1) is 27.2 Å². The lowest BCUT2D eigenvalue weighted by atomic mass is 9.98. The number of rotatable bonds is 6. The molecule has 3 rings (SSSR count). The zero-order valence-corrected chi connectivity index (χ0v) is 16.0. The molecule has 0 spiro atoms. The first-order valence-electron chi connectivity index (χ1n) is 9.03. The predicted octanol–water partition coefficient (Wildman–Crippen LogP) is 2.09. The van der Waals surface area contributed by atoms with Crippen molar-refractivity contribution < 1.29 is 23.5 Å². The highest BCUT2D eigenvalue weighted by Crippen LogP contribution is 2.33. The van der Waals surface area contributed by atoms with Gasteiger partial charge < -0.3 is 19.7 Å². The number of carbonyl (C=O) groups is 2. The summed E-state index contributed by atoms with van der Waals surface area (Å²) < 4.78 is 23.6. The topological polar surface area (TPSA) is 67.9 Å². The molecule has 2 aromatic carbocycles. The second-order valence-electron chi connectivity index (χ2n) is 6.62. The molecule has 7 heteroatoms. The van der Waals surface area contributed by atoms with Crippen molar-refractivity contribution in [3.8, 4) is 11.5 Å². The van der Waals surface area contributed by atoms with Crippen LogP contribution in [0.25, 0.3) is 0 Å². The number of halogens is 1. The summed E-state index contributed by atoms with van der Waals surface area (Å²) in [5.41, 5.74) is 2.83. The van der Waals surface area contributed by atoms with Gasteiger partial charge in [0, 0.05) is 13.1 Å². The van der Waals surface area contributed by atoms with Gasteiger partial charge in [0.1, 0.15) is 5.82 Å². The van der Waals surface area contributed by atoms with Gasteiger partial charge >= 0.3 is 0 Å². The third kappa shape index (κ3) is 4.60. The molecule has 0 saturated heterocycles. The lowest BCUT2D eigenvalue weighted by Crippen LogP contribution is -2.42. The molecule has 1 heterocycles. The van der Waals surface area contributed by atoms with Gasteiger partial charge in [-0.1, -0.05) is 12.1 Å². The van der Waals surface area contributed by atoms with Crippen molar-refractivity contribution in [2.24, 2.45) is 0 Å². The average Bonchev–Trinajstić information content (AvgIpc) is 2.72. The molecule has 0 unspecified atom stereocenters. The maximum Gasteiger partial charge on any atom is 0.242 e. The SMILES string of the molecule is COc1cc2c(cc1OC)CN(C(=O)CNC(=O)Cc1ccc(F)cc1)CC2. The Hall–Kier alpha value is -3.09. The molecular weight excluding hydrogens is 363 g/mol. The fourth-order valence-electron chi connectivity index (χ4n) is 3.23. The van der Waals surface area contributed by atoms with E-state index in [0.717, 1.165) is 11.1 Å². The maximum absolute atomic E-state index is 12.9. The van der Waals surface area contributed by atoms with Crippen LogP contribution in [0.1, 0.15) is 16.7 Å². The Morgan fingerprint density at radius 1 is 1.07 bits per heavy atom. The van der Waals surface area contributed by atoms with Crippen molar-refractivity contribution >= 4 is 11.8 Å². The van der Waals surface area contributed by atoms with Crippen LogP contribution in [0, 0.1) is 5.82 Å². The average molecular weight is 386 g/mol. The van der Waals surface area contributed by atoms with Gasteiger partial charge in [0.2, 0.25) is 11.8 Å². The predicted molar refractivity (Wildman–Crippen MR) is 102 cm³/mol. The molecule has 148 valence electrons. The van der Waals surface area contributed by atoms with Gasteiger partial charge in [-0.05, 0) is 47.4 Å². The molecule has 6 nitrogen and oxygen atoms in total. The highest BCUT2D eigenvalue weighted by Gasteiger charge is 2.23. The summed E-state index contributed by atoms with van der Waals surface area (Å²) in [6, 6.07) is 9.56. The minimum atomic E-state index is -0.348. The van der Waals surface area contributed by atoms with E-state index in [2.05, 4.69) is 5.32 Å².